The van der Waals surface area contributed by atoms with Gasteiger partial charge < -0.3 is 17.7 Å². The third-order valence-corrected chi connectivity index (χ3v) is 10.8. The summed E-state index contributed by atoms with van der Waals surface area (Å²) in [6, 6.07) is 30.5. The van der Waals surface area contributed by atoms with Crippen molar-refractivity contribution >= 4 is 9.05 Å². The maximum absolute atomic E-state index is 6.81. The monoisotopic (exact) mass is 558 g/mol. The number of allylic oxidation sites excluding steroid dienone is 2. The normalized spacial score (nSPS) is 18.3. The highest BCUT2D eigenvalue weighted by molar-refractivity contribution is 6.53. The summed E-state index contributed by atoms with van der Waals surface area (Å²) in [4.78, 5) is 0. The molecule has 0 bridgehead atoms. The van der Waals surface area contributed by atoms with E-state index in [2.05, 4.69) is 77.1 Å². The van der Waals surface area contributed by atoms with Crippen molar-refractivity contribution in [2.24, 2.45) is 17.3 Å². The lowest BCUT2D eigenvalue weighted by Gasteiger charge is -2.34. The van der Waals surface area contributed by atoms with E-state index in [1.165, 1.54) is 18.4 Å². The largest absolute Gasteiger partial charge is 0.680 e. The van der Waals surface area contributed by atoms with E-state index in [1.807, 2.05) is 54.6 Å². The van der Waals surface area contributed by atoms with Gasteiger partial charge in [-0.05, 0) is 67.1 Å². The van der Waals surface area contributed by atoms with Crippen LogP contribution in [0, 0.1) is 17.3 Å². The van der Waals surface area contributed by atoms with Crippen LogP contribution in [-0.4, -0.2) is 15.2 Å². The van der Waals surface area contributed by atoms with Crippen LogP contribution in [0.25, 0.3) is 0 Å². The van der Waals surface area contributed by atoms with Gasteiger partial charge in [-0.3, -0.25) is 0 Å². The highest BCUT2D eigenvalue weighted by atomic mass is 28.4. The molecule has 3 unspecified atom stereocenters. The quantitative estimate of drug-likeness (QED) is 0.138. The Morgan fingerprint density at radius 1 is 0.725 bits per heavy atom. The SMILES string of the molecule is CC1=CCC(CCC(C)C(C)O[Si](OCc2ccccc2)(OCc2ccccc2)OCc2ccccc2)C1(C)C. The molecule has 0 amide bonds. The highest BCUT2D eigenvalue weighted by Gasteiger charge is 2.48. The molecule has 4 rings (SSSR count). The summed E-state index contributed by atoms with van der Waals surface area (Å²) in [5.74, 6) is 0.992. The van der Waals surface area contributed by atoms with E-state index in [0.717, 1.165) is 23.1 Å². The van der Waals surface area contributed by atoms with Crippen LogP contribution in [0.15, 0.2) is 103 Å². The predicted molar refractivity (Wildman–Crippen MR) is 164 cm³/mol. The van der Waals surface area contributed by atoms with Gasteiger partial charge in [-0.2, -0.15) is 0 Å². The molecule has 1 aliphatic rings. The van der Waals surface area contributed by atoms with Crippen molar-refractivity contribution < 1.29 is 17.7 Å². The topological polar surface area (TPSA) is 36.9 Å². The van der Waals surface area contributed by atoms with Gasteiger partial charge in [0.2, 0.25) is 0 Å². The minimum absolute atomic E-state index is 0.0902. The van der Waals surface area contributed by atoms with Gasteiger partial charge in [0.15, 0.2) is 0 Å². The number of benzene rings is 3. The summed E-state index contributed by atoms with van der Waals surface area (Å²) in [6.07, 6.45) is 5.74. The maximum Gasteiger partial charge on any atom is 0.680 e. The lowest BCUT2D eigenvalue weighted by atomic mass is 9.74. The molecule has 40 heavy (non-hydrogen) atoms. The molecule has 0 N–H and O–H groups in total. The number of hydrogen-bond donors (Lipinski definition) is 0. The maximum atomic E-state index is 6.81. The Labute approximate surface area is 242 Å². The molecular formula is C35H46O4Si. The Kier molecular flexibility index (Phi) is 10.9. The molecule has 3 aromatic rings. The molecule has 0 spiro atoms. The summed E-state index contributed by atoms with van der Waals surface area (Å²) in [6.45, 7) is 12.5. The van der Waals surface area contributed by atoms with Gasteiger partial charge in [-0.1, -0.05) is 123 Å². The molecule has 0 radical (unpaired) electrons. The molecule has 0 aromatic heterocycles. The predicted octanol–water partition coefficient (Wildman–Crippen LogP) is 8.89. The fraction of sp³-hybridized carbons (Fsp3) is 0.429. The molecule has 5 heteroatoms. The van der Waals surface area contributed by atoms with E-state index < -0.39 is 9.05 Å². The van der Waals surface area contributed by atoms with Crippen molar-refractivity contribution in [2.45, 2.75) is 79.8 Å². The zero-order valence-electron chi connectivity index (χ0n) is 24.8. The van der Waals surface area contributed by atoms with Gasteiger partial charge in [0.25, 0.3) is 0 Å². The Morgan fingerprint density at radius 2 is 1.15 bits per heavy atom. The number of hydrogen-bond acceptors (Lipinski definition) is 4. The van der Waals surface area contributed by atoms with Crippen LogP contribution in [0.1, 0.15) is 70.6 Å². The van der Waals surface area contributed by atoms with Crippen LogP contribution in [0.4, 0.5) is 0 Å². The minimum Gasteiger partial charge on any atom is -0.348 e. The third-order valence-electron chi connectivity index (χ3n) is 8.62. The van der Waals surface area contributed by atoms with Crippen LogP contribution < -0.4 is 0 Å². The third kappa shape index (κ3) is 8.48. The van der Waals surface area contributed by atoms with E-state index in [-0.39, 0.29) is 11.5 Å². The van der Waals surface area contributed by atoms with Crippen molar-refractivity contribution in [3.05, 3.63) is 119 Å². The van der Waals surface area contributed by atoms with Gasteiger partial charge in [0, 0.05) is 0 Å². The fourth-order valence-electron chi connectivity index (χ4n) is 5.18. The summed E-state index contributed by atoms with van der Waals surface area (Å²) < 4.78 is 26.5. The van der Waals surface area contributed by atoms with Crippen molar-refractivity contribution in [1.82, 2.24) is 0 Å². The molecule has 0 fully saturated rings. The first-order chi connectivity index (χ1) is 19.3. The molecule has 214 valence electrons. The second-order valence-electron chi connectivity index (χ2n) is 11.7. The Bertz CT molecular complexity index is 1070. The first kappa shape index (κ1) is 30.4. The van der Waals surface area contributed by atoms with Crippen molar-refractivity contribution in [1.29, 1.82) is 0 Å². The second-order valence-corrected chi connectivity index (χ2v) is 13.8. The van der Waals surface area contributed by atoms with E-state index in [4.69, 9.17) is 17.7 Å². The van der Waals surface area contributed by atoms with E-state index in [0.29, 0.717) is 31.7 Å². The van der Waals surface area contributed by atoms with Gasteiger partial charge in [0.05, 0.1) is 25.9 Å². The van der Waals surface area contributed by atoms with Crippen molar-refractivity contribution in [2.75, 3.05) is 0 Å². The molecule has 0 saturated heterocycles. The fourth-order valence-corrected chi connectivity index (χ4v) is 7.36. The zero-order chi connectivity index (χ0) is 28.4. The Balaban J connectivity index is 1.51. The van der Waals surface area contributed by atoms with E-state index in [1.54, 1.807) is 0 Å². The molecule has 0 aliphatic heterocycles. The number of rotatable bonds is 15. The molecule has 0 heterocycles. The van der Waals surface area contributed by atoms with Crippen molar-refractivity contribution in [3.8, 4) is 0 Å². The molecule has 3 atom stereocenters. The lowest BCUT2D eigenvalue weighted by Crippen LogP contribution is -2.51. The molecular weight excluding hydrogens is 512 g/mol. The molecule has 4 nitrogen and oxygen atoms in total. The summed E-state index contributed by atoms with van der Waals surface area (Å²) in [5.41, 5.74) is 4.95. The van der Waals surface area contributed by atoms with E-state index in [9.17, 15) is 0 Å². The Hall–Kier alpha value is -2.54. The first-order valence-corrected chi connectivity index (χ1v) is 16.3. The van der Waals surface area contributed by atoms with Gasteiger partial charge in [0.1, 0.15) is 0 Å². The van der Waals surface area contributed by atoms with Crippen LogP contribution in [0.2, 0.25) is 0 Å². The van der Waals surface area contributed by atoms with Crippen LogP contribution >= 0.6 is 0 Å². The smallest absolute Gasteiger partial charge is 0.348 e. The summed E-state index contributed by atoms with van der Waals surface area (Å²) >= 11 is 0. The van der Waals surface area contributed by atoms with Gasteiger partial charge >= 0.3 is 9.05 Å². The average molecular weight is 559 g/mol. The Morgan fingerprint density at radius 3 is 1.52 bits per heavy atom. The molecule has 1 aliphatic carbocycles. The van der Waals surface area contributed by atoms with Crippen LogP contribution in [0.5, 0.6) is 0 Å². The van der Waals surface area contributed by atoms with Crippen LogP contribution in [-0.2, 0) is 37.5 Å². The van der Waals surface area contributed by atoms with E-state index >= 15 is 0 Å². The average Bonchev–Trinajstić information content (AvgIpc) is 3.24. The van der Waals surface area contributed by atoms with Crippen molar-refractivity contribution in [3.63, 3.8) is 0 Å². The minimum atomic E-state index is -3.58. The molecule has 3 aromatic carbocycles. The standard InChI is InChI=1S/C35H46O4Si/c1-28(21-23-34-24-22-29(2)35(34,4)5)30(3)39-40(36-25-31-15-9-6-10-16-31,37-26-32-17-11-7-12-18-32)38-27-33-19-13-8-14-20-33/h6-20,22,28,30,34H,21,23-27H2,1-5H3. The highest BCUT2D eigenvalue weighted by Crippen LogP contribution is 2.45. The summed E-state index contributed by atoms with van der Waals surface area (Å²) in [5, 5.41) is 0. The second kappa shape index (κ2) is 14.4. The summed E-state index contributed by atoms with van der Waals surface area (Å²) in [7, 11) is -3.58. The zero-order valence-corrected chi connectivity index (χ0v) is 25.8. The lowest BCUT2D eigenvalue weighted by molar-refractivity contribution is -0.0748. The van der Waals surface area contributed by atoms with Gasteiger partial charge in [-0.15, -0.1) is 0 Å². The first-order valence-electron chi connectivity index (χ1n) is 14.7. The molecule has 0 saturated carbocycles. The van der Waals surface area contributed by atoms with Crippen LogP contribution in [0.3, 0.4) is 0 Å². The van der Waals surface area contributed by atoms with Gasteiger partial charge in [-0.25, -0.2) is 0 Å².